The Labute approximate surface area is 126 Å². The van der Waals surface area contributed by atoms with Crippen molar-refractivity contribution in [2.75, 3.05) is 19.6 Å². The smallest absolute Gasteiger partial charge is 0.0110 e. The molecule has 2 aliphatic rings. The van der Waals surface area contributed by atoms with Crippen LogP contribution in [0.5, 0.6) is 0 Å². The van der Waals surface area contributed by atoms with Crippen LogP contribution in [0.2, 0.25) is 0 Å². The first-order valence-corrected chi connectivity index (χ1v) is 8.98. The number of nitrogens with one attached hydrogen (secondary N) is 1. The van der Waals surface area contributed by atoms with Crippen molar-refractivity contribution < 1.29 is 0 Å². The highest BCUT2D eigenvalue weighted by Crippen LogP contribution is 2.35. The minimum absolute atomic E-state index is 0.495. The van der Waals surface area contributed by atoms with Gasteiger partial charge in [0.15, 0.2) is 0 Å². The van der Waals surface area contributed by atoms with Crippen LogP contribution in [0, 0.1) is 11.3 Å². The molecule has 0 bridgehead atoms. The van der Waals surface area contributed by atoms with Crippen molar-refractivity contribution in [3.8, 4) is 0 Å². The van der Waals surface area contributed by atoms with Crippen molar-refractivity contribution in [1.82, 2.24) is 10.2 Å². The van der Waals surface area contributed by atoms with E-state index in [1.165, 1.54) is 58.0 Å². The second-order valence-electron chi connectivity index (χ2n) is 8.10. The average Bonchev–Trinajstić information content (AvgIpc) is 2.64. The summed E-state index contributed by atoms with van der Waals surface area (Å²) >= 11 is 0. The second-order valence-corrected chi connectivity index (χ2v) is 8.10. The first-order chi connectivity index (χ1) is 9.50. The van der Waals surface area contributed by atoms with Gasteiger partial charge >= 0.3 is 0 Å². The fourth-order valence-corrected chi connectivity index (χ4v) is 4.32. The summed E-state index contributed by atoms with van der Waals surface area (Å²) < 4.78 is 0. The number of hydrogen-bond donors (Lipinski definition) is 1. The molecule has 1 saturated carbocycles. The van der Waals surface area contributed by atoms with Gasteiger partial charge < -0.3 is 10.2 Å². The highest BCUT2D eigenvalue weighted by molar-refractivity contribution is 4.86. The van der Waals surface area contributed by atoms with Crippen molar-refractivity contribution in [1.29, 1.82) is 0 Å². The number of rotatable bonds is 3. The molecule has 2 rings (SSSR count). The van der Waals surface area contributed by atoms with Crippen molar-refractivity contribution in [2.24, 2.45) is 11.3 Å². The molecule has 1 saturated heterocycles. The Morgan fingerprint density at radius 2 is 1.80 bits per heavy atom. The molecule has 0 aromatic rings. The van der Waals surface area contributed by atoms with Crippen molar-refractivity contribution in [3.05, 3.63) is 0 Å². The van der Waals surface area contributed by atoms with Crippen LogP contribution in [0.4, 0.5) is 0 Å². The van der Waals surface area contributed by atoms with Gasteiger partial charge in [-0.15, -0.1) is 0 Å². The Hall–Kier alpha value is -0.0800. The lowest BCUT2D eigenvalue weighted by molar-refractivity contribution is 0.137. The summed E-state index contributed by atoms with van der Waals surface area (Å²) in [5.74, 6) is 0.917. The van der Waals surface area contributed by atoms with Crippen molar-refractivity contribution in [3.63, 3.8) is 0 Å². The zero-order valence-corrected chi connectivity index (χ0v) is 14.3. The topological polar surface area (TPSA) is 15.3 Å². The Bertz CT molecular complexity index is 280. The molecule has 0 radical (unpaired) electrons. The van der Waals surface area contributed by atoms with E-state index in [4.69, 9.17) is 0 Å². The van der Waals surface area contributed by atoms with Gasteiger partial charge in [-0.3, -0.25) is 0 Å². The van der Waals surface area contributed by atoms with E-state index in [1.807, 2.05) is 0 Å². The third-order valence-corrected chi connectivity index (χ3v) is 5.64. The fraction of sp³-hybridized carbons (Fsp3) is 1.00. The molecule has 0 aromatic heterocycles. The molecule has 1 aliphatic heterocycles. The Morgan fingerprint density at radius 3 is 2.50 bits per heavy atom. The average molecular weight is 280 g/mol. The number of nitrogens with zero attached hydrogens (tertiary/aromatic N) is 1. The molecule has 1 aliphatic carbocycles. The highest BCUT2D eigenvalue weighted by Gasteiger charge is 2.31. The van der Waals surface area contributed by atoms with Gasteiger partial charge in [0.1, 0.15) is 0 Å². The van der Waals surface area contributed by atoms with E-state index in [0.29, 0.717) is 5.41 Å². The fourth-order valence-electron chi connectivity index (χ4n) is 4.32. The third-order valence-electron chi connectivity index (χ3n) is 5.64. The zero-order chi connectivity index (χ0) is 14.6. The summed E-state index contributed by atoms with van der Waals surface area (Å²) in [5, 5.41) is 3.68. The summed E-state index contributed by atoms with van der Waals surface area (Å²) in [6.07, 6.45) is 9.87. The Kier molecular flexibility index (Phi) is 5.92. The molecule has 2 fully saturated rings. The monoisotopic (exact) mass is 280 g/mol. The summed E-state index contributed by atoms with van der Waals surface area (Å²) in [6.45, 7) is 13.3. The molecule has 3 atom stereocenters. The summed E-state index contributed by atoms with van der Waals surface area (Å²) in [5.41, 5.74) is 0.495. The molecular weight excluding hydrogens is 244 g/mol. The van der Waals surface area contributed by atoms with Crippen molar-refractivity contribution in [2.45, 2.75) is 84.7 Å². The predicted molar refractivity (Wildman–Crippen MR) is 88.1 cm³/mol. The molecule has 0 aromatic carbocycles. The largest absolute Gasteiger partial charge is 0.314 e. The van der Waals surface area contributed by atoms with Crippen molar-refractivity contribution >= 4 is 0 Å². The first kappa shape index (κ1) is 16.3. The lowest BCUT2D eigenvalue weighted by Crippen LogP contribution is -2.44. The van der Waals surface area contributed by atoms with Gasteiger partial charge in [-0.05, 0) is 69.5 Å². The maximum absolute atomic E-state index is 3.68. The van der Waals surface area contributed by atoms with Gasteiger partial charge in [-0.25, -0.2) is 0 Å². The van der Waals surface area contributed by atoms with E-state index in [-0.39, 0.29) is 0 Å². The maximum Gasteiger partial charge on any atom is 0.0110 e. The molecule has 20 heavy (non-hydrogen) atoms. The van der Waals surface area contributed by atoms with Crippen LogP contribution in [-0.4, -0.2) is 36.6 Å². The summed E-state index contributed by atoms with van der Waals surface area (Å²) in [6, 6.07) is 1.63. The normalized spacial score (nSPS) is 33.9. The lowest BCUT2D eigenvalue weighted by atomic mass is 9.77. The molecule has 1 heterocycles. The van der Waals surface area contributed by atoms with Gasteiger partial charge in [0.2, 0.25) is 0 Å². The van der Waals surface area contributed by atoms with Crippen LogP contribution >= 0.6 is 0 Å². The molecule has 0 amide bonds. The molecule has 3 unspecified atom stereocenters. The zero-order valence-electron chi connectivity index (χ0n) is 14.3. The van der Waals surface area contributed by atoms with E-state index < -0.39 is 0 Å². The lowest BCUT2D eigenvalue weighted by Gasteiger charge is -2.37. The number of hydrogen-bond acceptors (Lipinski definition) is 2. The Balaban J connectivity index is 1.86. The maximum atomic E-state index is 3.68. The van der Waals surface area contributed by atoms with E-state index in [1.54, 1.807) is 0 Å². The van der Waals surface area contributed by atoms with Crippen LogP contribution in [0.1, 0.15) is 72.6 Å². The SMILES string of the molecule is CCNC1CCCC(N2CCCC(C(C)(C)C)CC2)C1. The number of likely N-dealkylation sites (tertiary alicyclic amines) is 1. The van der Waals surface area contributed by atoms with E-state index in [9.17, 15) is 0 Å². The van der Waals surface area contributed by atoms with Crippen LogP contribution < -0.4 is 5.32 Å². The van der Waals surface area contributed by atoms with Gasteiger partial charge in [-0.2, -0.15) is 0 Å². The first-order valence-electron chi connectivity index (χ1n) is 8.98. The molecule has 1 N–H and O–H groups in total. The minimum Gasteiger partial charge on any atom is -0.314 e. The van der Waals surface area contributed by atoms with Gasteiger partial charge in [0, 0.05) is 12.1 Å². The van der Waals surface area contributed by atoms with Crippen LogP contribution in [0.3, 0.4) is 0 Å². The van der Waals surface area contributed by atoms with Crippen LogP contribution in [0.25, 0.3) is 0 Å². The summed E-state index contributed by atoms with van der Waals surface area (Å²) in [4.78, 5) is 2.83. The van der Waals surface area contributed by atoms with E-state index >= 15 is 0 Å². The predicted octanol–water partition coefficient (Wildman–Crippen LogP) is 4.06. The molecule has 118 valence electrons. The highest BCUT2D eigenvalue weighted by atomic mass is 15.2. The molecular formula is C18H36N2. The standard InChI is InChI=1S/C18H36N2/c1-5-19-16-9-6-10-17(14-16)20-12-7-8-15(11-13-20)18(2,3)4/h15-17,19H,5-14H2,1-4H3. The van der Waals surface area contributed by atoms with Gasteiger partial charge in [0.25, 0.3) is 0 Å². The molecule has 2 nitrogen and oxygen atoms in total. The second kappa shape index (κ2) is 7.26. The quantitative estimate of drug-likeness (QED) is 0.839. The van der Waals surface area contributed by atoms with E-state index in [2.05, 4.69) is 37.9 Å². The molecule has 0 spiro atoms. The summed E-state index contributed by atoms with van der Waals surface area (Å²) in [7, 11) is 0. The van der Waals surface area contributed by atoms with Gasteiger partial charge in [0.05, 0.1) is 0 Å². The minimum atomic E-state index is 0.495. The van der Waals surface area contributed by atoms with Crippen LogP contribution in [0.15, 0.2) is 0 Å². The van der Waals surface area contributed by atoms with E-state index in [0.717, 1.165) is 24.5 Å². The van der Waals surface area contributed by atoms with Crippen LogP contribution in [-0.2, 0) is 0 Å². The van der Waals surface area contributed by atoms with Gasteiger partial charge in [-0.1, -0.05) is 34.1 Å². The Morgan fingerprint density at radius 1 is 1.00 bits per heavy atom. The molecule has 2 heteroatoms. The third kappa shape index (κ3) is 4.46.